The molecule has 1 aliphatic rings. The summed E-state index contributed by atoms with van der Waals surface area (Å²) in [4.78, 5) is 43.3. The number of carbonyl (C=O) groups excluding carboxylic acids is 3. The lowest BCUT2D eigenvalue weighted by atomic mass is 10.1. The second kappa shape index (κ2) is 6.83. The van der Waals surface area contributed by atoms with E-state index in [2.05, 4.69) is 31.2 Å². The van der Waals surface area contributed by atoms with Crippen LogP contribution in [0.3, 0.4) is 0 Å². The molecule has 132 valence electrons. The molecule has 0 radical (unpaired) electrons. The van der Waals surface area contributed by atoms with Gasteiger partial charge in [-0.05, 0) is 38.7 Å². The van der Waals surface area contributed by atoms with Gasteiger partial charge in [-0.25, -0.2) is 9.50 Å². The van der Waals surface area contributed by atoms with Crippen LogP contribution in [0.25, 0.3) is 5.78 Å². The van der Waals surface area contributed by atoms with E-state index in [9.17, 15) is 14.4 Å². The summed E-state index contributed by atoms with van der Waals surface area (Å²) in [6, 6.07) is 0.0825. The first-order valence-corrected chi connectivity index (χ1v) is 8.01. The zero-order valence-electron chi connectivity index (χ0n) is 14.0. The number of amides is 3. The maximum atomic E-state index is 11.9. The summed E-state index contributed by atoms with van der Waals surface area (Å²) in [6.45, 7) is 3.73. The third-order valence-corrected chi connectivity index (χ3v) is 4.02. The van der Waals surface area contributed by atoms with Crippen molar-refractivity contribution < 1.29 is 14.4 Å². The van der Waals surface area contributed by atoms with Crippen molar-refractivity contribution >= 4 is 23.5 Å². The van der Waals surface area contributed by atoms with Crippen LogP contribution >= 0.6 is 0 Å². The van der Waals surface area contributed by atoms with Gasteiger partial charge in [0.15, 0.2) is 0 Å². The van der Waals surface area contributed by atoms with Crippen LogP contribution in [0.5, 0.6) is 0 Å². The molecule has 3 amide bonds. The van der Waals surface area contributed by atoms with E-state index in [1.165, 1.54) is 6.33 Å². The molecule has 0 atom stereocenters. The van der Waals surface area contributed by atoms with Gasteiger partial charge in [0, 0.05) is 23.9 Å². The Balaban J connectivity index is 1.52. The molecule has 0 unspecified atom stereocenters. The molecule has 0 aromatic carbocycles. The zero-order valence-corrected chi connectivity index (χ0v) is 14.0. The van der Waals surface area contributed by atoms with Crippen molar-refractivity contribution in [1.29, 1.82) is 0 Å². The number of hydrogen-bond donors (Lipinski definition) is 3. The fourth-order valence-electron chi connectivity index (χ4n) is 2.48. The van der Waals surface area contributed by atoms with Crippen molar-refractivity contribution in [2.24, 2.45) is 0 Å². The Bertz CT molecular complexity index is 841. The molecule has 2 heterocycles. The summed E-state index contributed by atoms with van der Waals surface area (Å²) >= 11 is 0. The van der Waals surface area contributed by atoms with Crippen molar-refractivity contribution in [3.8, 4) is 0 Å². The summed E-state index contributed by atoms with van der Waals surface area (Å²) in [5, 5.41) is 6.63. The number of hydrazine groups is 1. The molecular weight excluding hydrogens is 326 g/mol. The van der Waals surface area contributed by atoms with Gasteiger partial charge in [0.05, 0.1) is 0 Å². The second-order valence-corrected chi connectivity index (χ2v) is 5.98. The Kier molecular flexibility index (Phi) is 4.59. The number of aryl methyl sites for hydroxylation is 2. The van der Waals surface area contributed by atoms with Crippen molar-refractivity contribution in [1.82, 2.24) is 35.8 Å². The number of aromatic nitrogens is 4. The molecule has 3 N–H and O–H groups in total. The minimum atomic E-state index is -0.877. The molecule has 1 aliphatic carbocycles. The predicted octanol–water partition coefficient (Wildman–Crippen LogP) is -0.900. The lowest BCUT2D eigenvalue weighted by molar-refractivity contribution is -0.141. The van der Waals surface area contributed by atoms with E-state index in [1.54, 1.807) is 4.52 Å². The number of carbonyl (C=O) groups is 3. The van der Waals surface area contributed by atoms with Crippen LogP contribution in [0.15, 0.2) is 6.33 Å². The van der Waals surface area contributed by atoms with E-state index in [0.29, 0.717) is 12.2 Å². The first-order chi connectivity index (χ1) is 12.0. The predicted molar refractivity (Wildman–Crippen MR) is 86.0 cm³/mol. The van der Waals surface area contributed by atoms with Crippen LogP contribution in [0.4, 0.5) is 0 Å². The maximum absolute atomic E-state index is 11.9. The quantitative estimate of drug-likeness (QED) is 0.486. The highest BCUT2D eigenvalue weighted by atomic mass is 16.2. The second-order valence-electron chi connectivity index (χ2n) is 5.98. The highest BCUT2D eigenvalue weighted by molar-refractivity contribution is 6.35. The Morgan fingerprint density at radius 3 is 2.68 bits per heavy atom. The topological polar surface area (TPSA) is 130 Å². The van der Waals surface area contributed by atoms with Crippen LogP contribution in [0.1, 0.15) is 36.2 Å². The van der Waals surface area contributed by atoms with Crippen molar-refractivity contribution in [3.05, 3.63) is 23.3 Å². The molecule has 10 nitrogen and oxygen atoms in total. The third kappa shape index (κ3) is 3.90. The van der Waals surface area contributed by atoms with E-state index < -0.39 is 17.7 Å². The average molecular weight is 345 g/mol. The fraction of sp³-hybridized carbons (Fsp3) is 0.467. The van der Waals surface area contributed by atoms with Gasteiger partial charge >= 0.3 is 11.8 Å². The SMILES string of the molecule is Cc1nc2ncnn2c(C)c1CCC(=O)NNC(=O)C(=O)NC1CC1. The van der Waals surface area contributed by atoms with Crippen LogP contribution in [-0.4, -0.2) is 43.3 Å². The largest absolute Gasteiger partial charge is 0.345 e. The van der Waals surface area contributed by atoms with Crippen molar-refractivity contribution in [2.75, 3.05) is 0 Å². The first kappa shape index (κ1) is 16.8. The Morgan fingerprint density at radius 1 is 1.20 bits per heavy atom. The molecule has 3 rings (SSSR count). The van der Waals surface area contributed by atoms with E-state index in [1.807, 2.05) is 13.8 Å². The van der Waals surface area contributed by atoms with Gasteiger partial charge in [0.1, 0.15) is 6.33 Å². The van der Waals surface area contributed by atoms with Crippen LogP contribution in [-0.2, 0) is 20.8 Å². The molecule has 2 aromatic heterocycles. The minimum Gasteiger partial charge on any atom is -0.345 e. The smallest absolute Gasteiger partial charge is 0.327 e. The Labute approximate surface area is 143 Å². The molecular formula is C15H19N7O3. The minimum absolute atomic E-state index is 0.0825. The van der Waals surface area contributed by atoms with E-state index >= 15 is 0 Å². The van der Waals surface area contributed by atoms with Crippen molar-refractivity contribution in [3.63, 3.8) is 0 Å². The summed E-state index contributed by atoms with van der Waals surface area (Å²) in [7, 11) is 0. The van der Waals surface area contributed by atoms with Gasteiger partial charge in [-0.1, -0.05) is 0 Å². The molecule has 0 saturated heterocycles. The molecule has 0 aliphatic heterocycles. The zero-order chi connectivity index (χ0) is 18.0. The molecule has 1 saturated carbocycles. The summed E-state index contributed by atoms with van der Waals surface area (Å²) in [6.07, 6.45) is 3.75. The molecule has 0 spiro atoms. The van der Waals surface area contributed by atoms with E-state index in [-0.39, 0.29) is 12.5 Å². The molecule has 2 aromatic rings. The molecule has 1 fully saturated rings. The van der Waals surface area contributed by atoms with Crippen LogP contribution < -0.4 is 16.2 Å². The highest BCUT2D eigenvalue weighted by Crippen LogP contribution is 2.18. The maximum Gasteiger partial charge on any atom is 0.327 e. The number of fused-ring (bicyclic) bond motifs is 1. The van der Waals surface area contributed by atoms with Gasteiger partial charge < -0.3 is 5.32 Å². The van der Waals surface area contributed by atoms with Gasteiger partial charge in [0.2, 0.25) is 5.91 Å². The normalized spacial score (nSPS) is 13.5. The van der Waals surface area contributed by atoms with Crippen LogP contribution in [0.2, 0.25) is 0 Å². The summed E-state index contributed by atoms with van der Waals surface area (Å²) in [5.41, 5.74) is 6.89. The number of hydrogen-bond acceptors (Lipinski definition) is 6. The standard InChI is InChI=1S/C15H19N7O3/c1-8-11(9(2)22-15(18-8)16-7-17-22)5-6-12(23)20-21-14(25)13(24)19-10-3-4-10/h7,10H,3-6H2,1-2H3,(H,19,24)(H,20,23)(H,21,25). The molecule has 10 heteroatoms. The van der Waals surface area contributed by atoms with E-state index in [4.69, 9.17) is 0 Å². The van der Waals surface area contributed by atoms with Gasteiger partial charge in [-0.3, -0.25) is 25.2 Å². The Morgan fingerprint density at radius 2 is 1.96 bits per heavy atom. The van der Waals surface area contributed by atoms with Gasteiger partial charge in [0.25, 0.3) is 5.78 Å². The molecule has 0 bridgehead atoms. The third-order valence-electron chi connectivity index (χ3n) is 4.02. The van der Waals surface area contributed by atoms with Crippen LogP contribution in [0, 0.1) is 13.8 Å². The van der Waals surface area contributed by atoms with Crippen molar-refractivity contribution in [2.45, 2.75) is 45.6 Å². The number of rotatable bonds is 4. The average Bonchev–Trinajstić information content (AvgIpc) is 3.26. The lowest BCUT2D eigenvalue weighted by Crippen LogP contribution is -2.49. The fourth-order valence-corrected chi connectivity index (χ4v) is 2.48. The summed E-state index contributed by atoms with van der Waals surface area (Å²) < 4.78 is 1.62. The first-order valence-electron chi connectivity index (χ1n) is 8.01. The monoisotopic (exact) mass is 345 g/mol. The van der Waals surface area contributed by atoms with E-state index in [0.717, 1.165) is 29.8 Å². The molecule has 25 heavy (non-hydrogen) atoms. The highest BCUT2D eigenvalue weighted by Gasteiger charge is 2.26. The number of nitrogens with one attached hydrogen (secondary N) is 3. The Hall–Kier alpha value is -3.04. The number of nitrogens with zero attached hydrogens (tertiary/aromatic N) is 4. The summed E-state index contributed by atoms with van der Waals surface area (Å²) in [5.74, 6) is -1.50. The lowest BCUT2D eigenvalue weighted by Gasteiger charge is -2.11. The van der Waals surface area contributed by atoms with Gasteiger partial charge in [-0.2, -0.15) is 10.1 Å². The van der Waals surface area contributed by atoms with Gasteiger partial charge in [-0.15, -0.1) is 0 Å².